The number of methoxy groups -OCH3 is 1. The maximum absolute atomic E-state index is 4.98. The SMILES string of the molecule is COCCCSCc1sccc1Br. The summed E-state index contributed by atoms with van der Waals surface area (Å²) in [5.41, 5.74) is 0. The Hall–Kier alpha value is 0.490. The van der Waals surface area contributed by atoms with Crippen molar-refractivity contribution in [2.75, 3.05) is 19.5 Å². The first kappa shape index (κ1) is 11.6. The average molecular weight is 281 g/mol. The molecular weight excluding hydrogens is 268 g/mol. The molecule has 0 saturated carbocycles. The van der Waals surface area contributed by atoms with Crippen molar-refractivity contribution in [2.45, 2.75) is 12.2 Å². The Morgan fingerprint density at radius 2 is 2.46 bits per heavy atom. The van der Waals surface area contributed by atoms with E-state index in [-0.39, 0.29) is 0 Å². The summed E-state index contributed by atoms with van der Waals surface area (Å²) in [7, 11) is 1.75. The van der Waals surface area contributed by atoms with Gasteiger partial charge in [-0.3, -0.25) is 0 Å². The predicted molar refractivity (Wildman–Crippen MR) is 64.7 cm³/mol. The number of hydrogen-bond donors (Lipinski definition) is 0. The molecule has 1 nitrogen and oxygen atoms in total. The Balaban J connectivity index is 2.10. The van der Waals surface area contributed by atoms with E-state index >= 15 is 0 Å². The van der Waals surface area contributed by atoms with Crippen LogP contribution in [-0.4, -0.2) is 19.5 Å². The number of halogens is 1. The summed E-state index contributed by atoms with van der Waals surface area (Å²) in [6, 6.07) is 2.11. The standard InChI is InChI=1S/C9H13BrOS2/c1-11-4-2-5-12-7-9-8(10)3-6-13-9/h3,6H,2,4-5,7H2,1H3. The molecule has 0 spiro atoms. The van der Waals surface area contributed by atoms with Crippen molar-refractivity contribution in [2.24, 2.45) is 0 Å². The van der Waals surface area contributed by atoms with Crippen molar-refractivity contribution in [3.8, 4) is 0 Å². The fraction of sp³-hybridized carbons (Fsp3) is 0.556. The Morgan fingerprint density at radius 3 is 3.08 bits per heavy atom. The summed E-state index contributed by atoms with van der Waals surface area (Å²) in [5, 5.41) is 2.12. The largest absolute Gasteiger partial charge is 0.385 e. The van der Waals surface area contributed by atoms with Gasteiger partial charge in [0, 0.05) is 28.8 Å². The Morgan fingerprint density at radius 1 is 1.62 bits per heavy atom. The molecule has 0 amide bonds. The third-order valence-electron chi connectivity index (χ3n) is 1.56. The number of rotatable bonds is 6. The van der Waals surface area contributed by atoms with Crippen molar-refractivity contribution in [1.82, 2.24) is 0 Å². The van der Waals surface area contributed by atoms with Gasteiger partial charge < -0.3 is 4.74 Å². The lowest BCUT2D eigenvalue weighted by atomic mass is 10.5. The number of thiophene rings is 1. The molecular formula is C9H13BrOS2. The minimum atomic E-state index is 0.874. The second-order valence-corrected chi connectivity index (χ2v) is 5.55. The first-order valence-electron chi connectivity index (χ1n) is 4.13. The monoisotopic (exact) mass is 280 g/mol. The third kappa shape index (κ3) is 4.49. The molecule has 1 rings (SSSR count). The predicted octanol–water partition coefficient (Wildman–Crippen LogP) is 3.78. The number of hydrogen-bond acceptors (Lipinski definition) is 3. The highest BCUT2D eigenvalue weighted by Crippen LogP contribution is 2.26. The molecule has 4 heteroatoms. The lowest BCUT2D eigenvalue weighted by Gasteiger charge is -1.99. The van der Waals surface area contributed by atoms with Crippen LogP contribution in [0.3, 0.4) is 0 Å². The maximum Gasteiger partial charge on any atom is 0.0470 e. The van der Waals surface area contributed by atoms with Gasteiger partial charge in [-0.1, -0.05) is 0 Å². The van der Waals surface area contributed by atoms with Crippen LogP contribution in [0.15, 0.2) is 15.9 Å². The maximum atomic E-state index is 4.98. The van der Waals surface area contributed by atoms with E-state index in [1.54, 1.807) is 7.11 Å². The van der Waals surface area contributed by atoms with E-state index in [2.05, 4.69) is 27.4 Å². The second-order valence-electron chi connectivity index (χ2n) is 2.59. The van der Waals surface area contributed by atoms with E-state index in [9.17, 15) is 0 Å². The molecule has 0 saturated heterocycles. The minimum absolute atomic E-state index is 0.874. The quantitative estimate of drug-likeness (QED) is 0.734. The van der Waals surface area contributed by atoms with Crippen LogP contribution >= 0.6 is 39.0 Å². The smallest absolute Gasteiger partial charge is 0.0470 e. The van der Waals surface area contributed by atoms with Gasteiger partial charge in [0.2, 0.25) is 0 Å². The molecule has 1 aromatic rings. The zero-order valence-corrected chi connectivity index (χ0v) is 10.8. The lowest BCUT2D eigenvalue weighted by Crippen LogP contribution is -1.90. The third-order valence-corrected chi connectivity index (χ3v) is 4.74. The Bertz CT molecular complexity index is 237. The van der Waals surface area contributed by atoms with Crippen molar-refractivity contribution >= 4 is 39.0 Å². The number of ether oxygens (including phenoxy) is 1. The summed E-state index contributed by atoms with van der Waals surface area (Å²) < 4.78 is 6.23. The molecule has 1 heterocycles. The van der Waals surface area contributed by atoms with Crippen LogP contribution in [0.25, 0.3) is 0 Å². The van der Waals surface area contributed by atoms with Crippen LogP contribution in [0.1, 0.15) is 11.3 Å². The van der Waals surface area contributed by atoms with E-state index in [1.807, 2.05) is 23.1 Å². The molecule has 1 aromatic heterocycles. The highest BCUT2D eigenvalue weighted by molar-refractivity contribution is 9.10. The first-order chi connectivity index (χ1) is 6.34. The zero-order chi connectivity index (χ0) is 9.52. The fourth-order valence-electron chi connectivity index (χ4n) is 0.898. The number of thioether (sulfide) groups is 1. The van der Waals surface area contributed by atoms with Gasteiger partial charge in [-0.25, -0.2) is 0 Å². The minimum Gasteiger partial charge on any atom is -0.385 e. The highest BCUT2D eigenvalue weighted by Gasteiger charge is 2.00. The molecule has 0 aromatic carbocycles. The van der Waals surface area contributed by atoms with E-state index in [1.165, 1.54) is 15.1 Å². The van der Waals surface area contributed by atoms with Gasteiger partial charge in [0.15, 0.2) is 0 Å². The summed E-state index contributed by atoms with van der Waals surface area (Å²) >= 11 is 7.30. The molecule has 0 atom stereocenters. The van der Waals surface area contributed by atoms with Crippen LogP contribution in [0.4, 0.5) is 0 Å². The van der Waals surface area contributed by atoms with Crippen LogP contribution < -0.4 is 0 Å². The second kappa shape index (κ2) is 6.87. The topological polar surface area (TPSA) is 9.23 Å². The molecule has 0 aliphatic rings. The average Bonchev–Trinajstić information content (AvgIpc) is 2.52. The van der Waals surface area contributed by atoms with Crippen molar-refractivity contribution in [3.05, 3.63) is 20.8 Å². The molecule has 0 unspecified atom stereocenters. The normalized spacial score (nSPS) is 10.6. The molecule has 13 heavy (non-hydrogen) atoms. The molecule has 0 aliphatic carbocycles. The van der Waals surface area contributed by atoms with E-state index in [0.29, 0.717) is 0 Å². The Kier molecular flexibility index (Phi) is 6.11. The highest BCUT2D eigenvalue weighted by atomic mass is 79.9. The molecule has 0 radical (unpaired) electrons. The summed E-state index contributed by atoms with van der Waals surface area (Å²) in [6.45, 7) is 0.874. The molecule has 0 bridgehead atoms. The van der Waals surface area contributed by atoms with Crippen molar-refractivity contribution in [3.63, 3.8) is 0 Å². The summed E-state index contributed by atoms with van der Waals surface area (Å²) in [6.07, 6.45) is 1.14. The molecule has 0 aliphatic heterocycles. The lowest BCUT2D eigenvalue weighted by molar-refractivity contribution is 0.200. The van der Waals surface area contributed by atoms with Gasteiger partial charge in [0.05, 0.1) is 0 Å². The molecule has 0 N–H and O–H groups in total. The molecule has 0 fully saturated rings. The zero-order valence-electron chi connectivity index (χ0n) is 7.59. The van der Waals surface area contributed by atoms with E-state index < -0.39 is 0 Å². The first-order valence-corrected chi connectivity index (χ1v) is 6.96. The van der Waals surface area contributed by atoms with Crippen LogP contribution in [0.5, 0.6) is 0 Å². The van der Waals surface area contributed by atoms with E-state index in [0.717, 1.165) is 18.8 Å². The van der Waals surface area contributed by atoms with Gasteiger partial charge in [-0.2, -0.15) is 11.8 Å². The van der Waals surface area contributed by atoms with Gasteiger partial charge in [-0.15, -0.1) is 11.3 Å². The van der Waals surface area contributed by atoms with Gasteiger partial charge in [0.25, 0.3) is 0 Å². The summed E-state index contributed by atoms with van der Waals surface area (Å²) in [4.78, 5) is 1.43. The van der Waals surface area contributed by atoms with Crippen molar-refractivity contribution in [1.29, 1.82) is 0 Å². The Labute approximate surface area is 96.0 Å². The van der Waals surface area contributed by atoms with Gasteiger partial charge >= 0.3 is 0 Å². The summed E-state index contributed by atoms with van der Waals surface area (Å²) in [5.74, 6) is 2.29. The van der Waals surface area contributed by atoms with Crippen LogP contribution in [0, 0.1) is 0 Å². The van der Waals surface area contributed by atoms with Crippen LogP contribution in [0.2, 0.25) is 0 Å². The van der Waals surface area contributed by atoms with Crippen LogP contribution in [-0.2, 0) is 10.5 Å². The van der Waals surface area contributed by atoms with Crippen molar-refractivity contribution < 1.29 is 4.74 Å². The van der Waals surface area contributed by atoms with Gasteiger partial charge in [0.1, 0.15) is 0 Å². The van der Waals surface area contributed by atoms with E-state index in [4.69, 9.17) is 4.74 Å². The fourth-order valence-corrected chi connectivity index (χ4v) is 3.69. The molecule has 74 valence electrons. The van der Waals surface area contributed by atoms with Gasteiger partial charge in [-0.05, 0) is 39.6 Å².